The number of amides is 1. The maximum absolute atomic E-state index is 12.1. The number of halogens is 1. The number of hydrogen-bond donors (Lipinski definition) is 1. The van der Waals surface area contributed by atoms with Crippen LogP contribution in [0, 0.1) is 0 Å². The van der Waals surface area contributed by atoms with Crippen LogP contribution in [0.15, 0.2) is 34.7 Å². The van der Waals surface area contributed by atoms with E-state index in [1.54, 1.807) is 32.3 Å². The number of allylic oxidation sites excluding steroid dienone is 1. The van der Waals surface area contributed by atoms with Crippen LogP contribution in [-0.4, -0.2) is 33.1 Å². The van der Waals surface area contributed by atoms with Gasteiger partial charge in [0.25, 0.3) is 5.91 Å². The van der Waals surface area contributed by atoms with E-state index in [1.807, 2.05) is 0 Å². The van der Waals surface area contributed by atoms with E-state index in [4.69, 9.17) is 4.74 Å². The zero-order chi connectivity index (χ0) is 15.4. The van der Waals surface area contributed by atoms with Crippen LogP contribution < -0.4 is 5.32 Å². The van der Waals surface area contributed by atoms with Gasteiger partial charge in [0.2, 0.25) is 0 Å². The lowest BCUT2D eigenvalue weighted by atomic mass is 10.3. The zero-order valence-corrected chi connectivity index (χ0v) is 13.0. The van der Waals surface area contributed by atoms with Crippen molar-refractivity contribution in [3.05, 3.63) is 40.4 Å². The molecular weight excluding hydrogens is 340 g/mol. The first kappa shape index (κ1) is 15.2. The van der Waals surface area contributed by atoms with Crippen molar-refractivity contribution in [2.45, 2.75) is 13.8 Å². The third-order valence-corrected chi connectivity index (χ3v) is 3.22. The Kier molecular flexibility index (Phi) is 4.69. The summed E-state index contributed by atoms with van der Waals surface area (Å²) in [7, 11) is 0. The van der Waals surface area contributed by atoms with Gasteiger partial charge in [-0.1, -0.05) is 0 Å². The van der Waals surface area contributed by atoms with Gasteiger partial charge in [-0.25, -0.2) is 14.3 Å². The van der Waals surface area contributed by atoms with Crippen LogP contribution in [0.4, 0.5) is 0 Å². The molecule has 0 aliphatic carbocycles. The number of rotatable bonds is 4. The van der Waals surface area contributed by atoms with Crippen LogP contribution in [-0.2, 0) is 9.53 Å². The van der Waals surface area contributed by atoms with Gasteiger partial charge in [-0.2, -0.15) is 5.10 Å². The predicted octanol–water partition coefficient (Wildman–Crippen LogP) is 1.69. The Labute approximate surface area is 129 Å². The molecule has 0 fully saturated rings. The highest BCUT2D eigenvalue weighted by atomic mass is 79.9. The number of esters is 1. The van der Waals surface area contributed by atoms with Crippen LogP contribution in [0.2, 0.25) is 0 Å². The molecule has 0 saturated heterocycles. The third kappa shape index (κ3) is 3.46. The minimum absolute atomic E-state index is 0.185. The lowest BCUT2D eigenvalue weighted by Crippen LogP contribution is -2.23. The highest BCUT2D eigenvalue weighted by Crippen LogP contribution is 2.20. The van der Waals surface area contributed by atoms with Crippen LogP contribution in [0.25, 0.3) is 5.65 Å². The van der Waals surface area contributed by atoms with Gasteiger partial charge in [-0.3, -0.25) is 4.79 Å². The van der Waals surface area contributed by atoms with Crippen molar-refractivity contribution in [2.75, 3.05) is 6.61 Å². The van der Waals surface area contributed by atoms with Crippen molar-refractivity contribution in [3.8, 4) is 0 Å². The molecule has 1 N–H and O–H groups in total. The fraction of sp³-hybridized carbons (Fsp3) is 0.231. The van der Waals surface area contributed by atoms with E-state index in [-0.39, 0.29) is 12.3 Å². The molecule has 0 bridgehead atoms. The molecule has 7 nitrogen and oxygen atoms in total. The molecule has 0 spiro atoms. The lowest BCUT2D eigenvalue weighted by Gasteiger charge is -2.03. The molecule has 2 aromatic rings. The summed E-state index contributed by atoms with van der Waals surface area (Å²) in [5, 5.41) is 6.71. The number of nitrogens with zero attached hydrogens (tertiary/aromatic N) is 3. The molecule has 8 heteroatoms. The first-order valence-electron chi connectivity index (χ1n) is 6.18. The number of ether oxygens (including phenoxy) is 1. The fourth-order valence-corrected chi connectivity index (χ4v) is 2.18. The highest BCUT2D eigenvalue weighted by molar-refractivity contribution is 9.10. The van der Waals surface area contributed by atoms with E-state index in [9.17, 15) is 9.59 Å². The smallest absolute Gasteiger partial charge is 0.332 e. The van der Waals surface area contributed by atoms with Gasteiger partial charge in [0.15, 0.2) is 11.3 Å². The van der Waals surface area contributed by atoms with E-state index in [0.717, 1.165) is 0 Å². The second-order valence-electron chi connectivity index (χ2n) is 4.08. The van der Waals surface area contributed by atoms with Gasteiger partial charge < -0.3 is 10.1 Å². The first-order chi connectivity index (χ1) is 10.0. The molecular formula is C13H13BrN4O3. The monoisotopic (exact) mass is 352 g/mol. The number of carbonyl (C=O) groups excluding carboxylic acids is 2. The summed E-state index contributed by atoms with van der Waals surface area (Å²) in [4.78, 5) is 27.6. The minimum Gasteiger partial charge on any atom is -0.463 e. The van der Waals surface area contributed by atoms with Gasteiger partial charge in [-0.05, 0) is 35.8 Å². The maximum atomic E-state index is 12.1. The molecule has 0 saturated carbocycles. The van der Waals surface area contributed by atoms with Crippen LogP contribution in [0.5, 0.6) is 0 Å². The van der Waals surface area contributed by atoms with Crippen molar-refractivity contribution < 1.29 is 14.3 Å². The minimum atomic E-state index is -0.508. The van der Waals surface area contributed by atoms with E-state index >= 15 is 0 Å². The number of aromatic nitrogens is 3. The molecule has 1 amide bonds. The third-order valence-electron chi connectivity index (χ3n) is 2.49. The Balaban J connectivity index is 2.19. The topological polar surface area (TPSA) is 85.6 Å². The largest absolute Gasteiger partial charge is 0.463 e. The Morgan fingerprint density at radius 2 is 2.29 bits per heavy atom. The first-order valence-corrected chi connectivity index (χ1v) is 6.97. The lowest BCUT2D eigenvalue weighted by molar-refractivity contribution is -0.137. The molecule has 2 aromatic heterocycles. The quantitative estimate of drug-likeness (QED) is 0.668. The van der Waals surface area contributed by atoms with Gasteiger partial charge in [0, 0.05) is 24.2 Å². The molecule has 21 heavy (non-hydrogen) atoms. The summed E-state index contributed by atoms with van der Waals surface area (Å²) < 4.78 is 6.75. The van der Waals surface area contributed by atoms with E-state index in [2.05, 4.69) is 31.3 Å². The normalized spacial score (nSPS) is 11.5. The second kappa shape index (κ2) is 6.49. The average molecular weight is 353 g/mol. The van der Waals surface area contributed by atoms with Crippen LogP contribution >= 0.6 is 15.9 Å². The number of carbonyl (C=O) groups is 2. The second-order valence-corrected chi connectivity index (χ2v) is 4.88. The Hall–Kier alpha value is -2.22. The van der Waals surface area contributed by atoms with Crippen molar-refractivity contribution in [1.82, 2.24) is 19.9 Å². The van der Waals surface area contributed by atoms with Gasteiger partial charge >= 0.3 is 5.97 Å². The van der Waals surface area contributed by atoms with Gasteiger partial charge in [-0.15, -0.1) is 0 Å². The van der Waals surface area contributed by atoms with Crippen molar-refractivity contribution in [1.29, 1.82) is 0 Å². The maximum Gasteiger partial charge on any atom is 0.332 e. The van der Waals surface area contributed by atoms with Crippen molar-refractivity contribution in [3.63, 3.8) is 0 Å². The summed E-state index contributed by atoms with van der Waals surface area (Å²) in [6.07, 6.45) is 4.50. The molecule has 2 heterocycles. The molecule has 0 radical (unpaired) electrons. The SMILES string of the molecule is CCOC(=O)/C=C(\C)NC(=O)c1nn2cccnc2c1Br. The highest BCUT2D eigenvalue weighted by Gasteiger charge is 2.18. The molecule has 0 atom stereocenters. The number of hydrogen-bond acceptors (Lipinski definition) is 5. The standard InChI is InChI=1S/C13H13BrN4O3/c1-3-21-9(19)7-8(2)16-13(20)11-10(14)12-15-5-4-6-18(12)17-11/h4-7H,3H2,1-2H3,(H,16,20)/b8-7+. The van der Waals surface area contributed by atoms with E-state index < -0.39 is 11.9 Å². The fourth-order valence-electron chi connectivity index (χ4n) is 1.64. The molecule has 0 unspecified atom stereocenters. The van der Waals surface area contributed by atoms with Crippen molar-refractivity contribution in [2.24, 2.45) is 0 Å². The Morgan fingerprint density at radius 1 is 1.52 bits per heavy atom. The molecule has 2 rings (SSSR count). The molecule has 0 aliphatic heterocycles. The zero-order valence-electron chi connectivity index (χ0n) is 11.5. The predicted molar refractivity (Wildman–Crippen MR) is 78.5 cm³/mol. The van der Waals surface area contributed by atoms with Crippen LogP contribution in [0.3, 0.4) is 0 Å². The Bertz CT molecular complexity index is 723. The average Bonchev–Trinajstić information content (AvgIpc) is 2.77. The van der Waals surface area contributed by atoms with Crippen LogP contribution in [0.1, 0.15) is 24.3 Å². The molecule has 0 aliphatic rings. The van der Waals surface area contributed by atoms with Crippen molar-refractivity contribution >= 4 is 33.5 Å². The van der Waals surface area contributed by atoms with Gasteiger partial charge in [0.05, 0.1) is 11.1 Å². The Morgan fingerprint density at radius 3 is 2.95 bits per heavy atom. The number of fused-ring (bicyclic) bond motifs is 1. The van der Waals surface area contributed by atoms with Gasteiger partial charge in [0.1, 0.15) is 0 Å². The summed E-state index contributed by atoms with van der Waals surface area (Å²) in [5.41, 5.74) is 1.09. The summed E-state index contributed by atoms with van der Waals surface area (Å²) in [5.74, 6) is -0.948. The van der Waals surface area contributed by atoms with E-state index in [1.165, 1.54) is 10.6 Å². The summed E-state index contributed by atoms with van der Waals surface area (Å²) in [6.45, 7) is 3.58. The number of nitrogens with one attached hydrogen (secondary N) is 1. The summed E-state index contributed by atoms with van der Waals surface area (Å²) in [6, 6.07) is 1.71. The van der Waals surface area contributed by atoms with E-state index in [0.29, 0.717) is 15.8 Å². The summed E-state index contributed by atoms with van der Waals surface area (Å²) >= 11 is 3.30. The molecule has 110 valence electrons. The molecule has 0 aromatic carbocycles.